The summed E-state index contributed by atoms with van der Waals surface area (Å²) in [6.45, 7) is 0. The van der Waals surface area contributed by atoms with E-state index < -0.39 is 0 Å². The van der Waals surface area contributed by atoms with Gasteiger partial charge in [0.05, 0.1) is 11.6 Å². The average molecular weight is 367 g/mol. The molecule has 0 aromatic heterocycles. The van der Waals surface area contributed by atoms with Crippen LogP contribution in [0.3, 0.4) is 0 Å². The Hall–Kier alpha value is -1.31. The van der Waals surface area contributed by atoms with Gasteiger partial charge >= 0.3 is 0 Å². The lowest BCUT2D eigenvalue weighted by Gasteiger charge is -2.10. The maximum Gasteiger partial charge on any atom is 0.131 e. The summed E-state index contributed by atoms with van der Waals surface area (Å²) in [7, 11) is 0. The zero-order valence-corrected chi connectivity index (χ0v) is 12.5. The summed E-state index contributed by atoms with van der Waals surface area (Å²) in [6.07, 6.45) is 0. The van der Waals surface area contributed by atoms with Crippen LogP contribution in [-0.2, 0) is 5.33 Å². The third-order valence-electron chi connectivity index (χ3n) is 2.38. The molecule has 0 spiro atoms. The Morgan fingerprint density at radius 3 is 2.44 bits per heavy atom. The SMILES string of the molecule is N#Cc1ccc(Oc2ccc(Br)cc2CBr)cc1. The molecule has 2 aromatic rings. The lowest BCUT2D eigenvalue weighted by molar-refractivity contribution is 0.478. The lowest BCUT2D eigenvalue weighted by Crippen LogP contribution is -1.89. The molecule has 18 heavy (non-hydrogen) atoms. The van der Waals surface area contributed by atoms with Crippen molar-refractivity contribution in [2.45, 2.75) is 5.33 Å². The van der Waals surface area contributed by atoms with Crippen molar-refractivity contribution in [1.82, 2.24) is 0 Å². The summed E-state index contributed by atoms with van der Waals surface area (Å²) in [5, 5.41) is 9.45. The van der Waals surface area contributed by atoms with E-state index in [1.165, 1.54) is 0 Å². The minimum absolute atomic E-state index is 0.624. The van der Waals surface area contributed by atoms with Crippen LogP contribution in [0.25, 0.3) is 0 Å². The molecular formula is C14H9Br2NO. The van der Waals surface area contributed by atoms with Gasteiger partial charge in [0.15, 0.2) is 0 Å². The second-order valence-electron chi connectivity index (χ2n) is 3.62. The van der Waals surface area contributed by atoms with E-state index >= 15 is 0 Å². The Morgan fingerprint density at radius 1 is 1.11 bits per heavy atom. The van der Waals surface area contributed by atoms with E-state index in [2.05, 4.69) is 37.9 Å². The van der Waals surface area contributed by atoms with Crippen LogP contribution in [0.5, 0.6) is 11.5 Å². The molecule has 0 N–H and O–H groups in total. The number of ether oxygens (including phenoxy) is 1. The van der Waals surface area contributed by atoms with Gasteiger partial charge in [0.25, 0.3) is 0 Å². The molecule has 0 heterocycles. The number of benzene rings is 2. The first-order valence-electron chi connectivity index (χ1n) is 5.25. The summed E-state index contributed by atoms with van der Waals surface area (Å²) in [5.41, 5.74) is 1.69. The molecule has 4 heteroatoms. The molecule has 0 unspecified atom stereocenters. The Bertz CT molecular complexity index is 588. The normalized spacial score (nSPS) is 9.83. The minimum Gasteiger partial charge on any atom is -0.457 e. The monoisotopic (exact) mass is 365 g/mol. The molecule has 0 saturated heterocycles. The Labute approximate surface area is 122 Å². The van der Waals surface area contributed by atoms with Crippen LogP contribution in [-0.4, -0.2) is 0 Å². The van der Waals surface area contributed by atoms with Crippen LogP contribution in [0.1, 0.15) is 11.1 Å². The van der Waals surface area contributed by atoms with Crippen molar-refractivity contribution in [1.29, 1.82) is 5.26 Å². The highest BCUT2D eigenvalue weighted by atomic mass is 79.9. The van der Waals surface area contributed by atoms with Gasteiger partial charge in [-0.15, -0.1) is 0 Å². The van der Waals surface area contributed by atoms with Crippen LogP contribution in [0.4, 0.5) is 0 Å². The molecule has 0 aliphatic heterocycles. The van der Waals surface area contributed by atoms with Crippen molar-refractivity contribution < 1.29 is 4.74 Å². The standard InChI is InChI=1S/C14H9Br2NO/c15-8-11-7-12(16)3-6-14(11)18-13-4-1-10(9-17)2-5-13/h1-7H,8H2. The Morgan fingerprint density at radius 2 is 1.83 bits per heavy atom. The number of hydrogen-bond acceptors (Lipinski definition) is 2. The first-order chi connectivity index (χ1) is 8.72. The summed E-state index contributed by atoms with van der Waals surface area (Å²) in [5.74, 6) is 1.53. The molecule has 0 radical (unpaired) electrons. The fourth-order valence-electron chi connectivity index (χ4n) is 1.48. The molecule has 0 saturated carbocycles. The molecule has 2 aromatic carbocycles. The van der Waals surface area contributed by atoms with Crippen molar-refractivity contribution in [2.24, 2.45) is 0 Å². The van der Waals surface area contributed by atoms with E-state index in [1.54, 1.807) is 24.3 Å². The van der Waals surface area contributed by atoms with Gasteiger partial charge in [-0.3, -0.25) is 0 Å². The third-order valence-corrected chi connectivity index (χ3v) is 3.48. The highest BCUT2D eigenvalue weighted by molar-refractivity contribution is 9.10. The fourth-order valence-corrected chi connectivity index (χ4v) is 2.32. The maximum absolute atomic E-state index is 8.73. The van der Waals surface area contributed by atoms with Crippen LogP contribution >= 0.6 is 31.9 Å². The molecule has 90 valence electrons. The third kappa shape index (κ3) is 3.12. The first kappa shape index (κ1) is 13.1. The highest BCUT2D eigenvalue weighted by Crippen LogP contribution is 2.29. The van der Waals surface area contributed by atoms with Crippen molar-refractivity contribution in [3.8, 4) is 17.6 Å². The Balaban J connectivity index is 2.25. The topological polar surface area (TPSA) is 33.0 Å². The van der Waals surface area contributed by atoms with E-state index in [0.29, 0.717) is 5.56 Å². The quantitative estimate of drug-likeness (QED) is 0.715. The van der Waals surface area contributed by atoms with Crippen molar-refractivity contribution in [3.63, 3.8) is 0 Å². The number of nitriles is 1. The molecule has 0 aliphatic carbocycles. The predicted molar refractivity (Wildman–Crippen MR) is 78.0 cm³/mol. The lowest BCUT2D eigenvalue weighted by atomic mass is 10.2. The molecular weight excluding hydrogens is 358 g/mol. The fraction of sp³-hybridized carbons (Fsp3) is 0.0714. The number of nitrogens with zero attached hydrogens (tertiary/aromatic N) is 1. The molecule has 0 amide bonds. The van der Waals surface area contributed by atoms with Gasteiger partial charge < -0.3 is 4.74 Å². The van der Waals surface area contributed by atoms with Gasteiger partial charge in [-0.25, -0.2) is 0 Å². The van der Waals surface area contributed by atoms with Gasteiger partial charge in [0, 0.05) is 15.4 Å². The van der Waals surface area contributed by atoms with Crippen molar-refractivity contribution in [2.75, 3.05) is 0 Å². The number of rotatable bonds is 3. The van der Waals surface area contributed by atoms with E-state index in [1.807, 2.05) is 18.2 Å². The summed E-state index contributed by atoms with van der Waals surface area (Å²) in [6, 6.07) is 15.0. The van der Waals surface area contributed by atoms with Gasteiger partial charge in [0.1, 0.15) is 11.5 Å². The molecule has 2 nitrogen and oxygen atoms in total. The van der Waals surface area contributed by atoms with Crippen LogP contribution < -0.4 is 4.74 Å². The molecule has 0 bridgehead atoms. The zero-order valence-electron chi connectivity index (χ0n) is 9.36. The van der Waals surface area contributed by atoms with E-state index in [0.717, 1.165) is 26.9 Å². The van der Waals surface area contributed by atoms with Gasteiger partial charge in [-0.2, -0.15) is 5.26 Å². The number of halogens is 2. The first-order valence-corrected chi connectivity index (χ1v) is 7.17. The van der Waals surface area contributed by atoms with Crippen LogP contribution in [0.2, 0.25) is 0 Å². The molecule has 0 aliphatic rings. The van der Waals surface area contributed by atoms with Crippen molar-refractivity contribution in [3.05, 3.63) is 58.1 Å². The maximum atomic E-state index is 8.73. The smallest absolute Gasteiger partial charge is 0.131 e. The van der Waals surface area contributed by atoms with E-state index in [-0.39, 0.29) is 0 Å². The summed E-state index contributed by atoms with van der Waals surface area (Å²) in [4.78, 5) is 0. The Kier molecular flexibility index (Phi) is 4.40. The van der Waals surface area contributed by atoms with Crippen molar-refractivity contribution >= 4 is 31.9 Å². The van der Waals surface area contributed by atoms with Crippen LogP contribution in [0, 0.1) is 11.3 Å². The summed E-state index contributed by atoms with van der Waals surface area (Å²) < 4.78 is 6.81. The highest BCUT2D eigenvalue weighted by Gasteiger charge is 2.05. The van der Waals surface area contributed by atoms with E-state index in [4.69, 9.17) is 10.00 Å². The van der Waals surface area contributed by atoms with Gasteiger partial charge in [0.2, 0.25) is 0 Å². The molecule has 0 fully saturated rings. The molecule has 2 rings (SSSR count). The average Bonchev–Trinajstić information content (AvgIpc) is 2.41. The van der Waals surface area contributed by atoms with E-state index in [9.17, 15) is 0 Å². The number of hydrogen-bond donors (Lipinski definition) is 0. The minimum atomic E-state index is 0.624. The second kappa shape index (κ2) is 6.03. The summed E-state index contributed by atoms with van der Waals surface area (Å²) >= 11 is 6.86. The van der Waals surface area contributed by atoms with Crippen LogP contribution in [0.15, 0.2) is 46.9 Å². The zero-order chi connectivity index (χ0) is 13.0. The second-order valence-corrected chi connectivity index (χ2v) is 5.10. The van der Waals surface area contributed by atoms with Gasteiger partial charge in [-0.05, 0) is 42.5 Å². The van der Waals surface area contributed by atoms with Gasteiger partial charge in [-0.1, -0.05) is 31.9 Å². The molecule has 0 atom stereocenters. The number of alkyl halides is 1. The largest absolute Gasteiger partial charge is 0.457 e. The predicted octanol–water partition coefficient (Wildman–Crippen LogP) is 5.01.